The predicted octanol–water partition coefficient (Wildman–Crippen LogP) is 11.8. The third-order valence-electron chi connectivity index (χ3n) is 10.5. The molecule has 2 aromatic rings. The first kappa shape index (κ1) is 49.5. The van der Waals surface area contributed by atoms with Gasteiger partial charge in [0.1, 0.15) is 11.6 Å². The monoisotopic (exact) mass is 790 g/mol. The zero-order valence-corrected chi connectivity index (χ0v) is 36.6. The summed E-state index contributed by atoms with van der Waals surface area (Å²) < 4.78 is 5.38. The summed E-state index contributed by atoms with van der Waals surface area (Å²) in [6.07, 6.45) is 26.8. The van der Waals surface area contributed by atoms with E-state index in [1.165, 1.54) is 102 Å². The fourth-order valence-electron chi connectivity index (χ4n) is 6.98. The minimum absolute atomic E-state index is 0.00307. The Bertz CT molecular complexity index is 1380. The number of ketones is 1. The number of rotatable bonds is 32. The third kappa shape index (κ3) is 24.6. The van der Waals surface area contributed by atoms with Gasteiger partial charge >= 0.3 is 6.09 Å². The molecular formula is C49H79N3O5. The van der Waals surface area contributed by atoms with Gasteiger partial charge < -0.3 is 20.7 Å². The molecule has 0 saturated heterocycles. The van der Waals surface area contributed by atoms with Gasteiger partial charge in [-0.1, -0.05) is 172 Å². The Morgan fingerprint density at radius 2 is 0.965 bits per heavy atom. The van der Waals surface area contributed by atoms with Gasteiger partial charge in [-0.2, -0.15) is 0 Å². The Kier molecular flexibility index (Phi) is 26.4. The normalized spacial score (nSPS) is 11.9. The van der Waals surface area contributed by atoms with E-state index in [9.17, 15) is 19.2 Å². The number of benzene rings is 2. The van der Waals surface area contributed by atoms with Gasteiger partial charge in [0.25, 0.3) is 0 Å². The summed E-state index contributed by atoms with van der Waals surface area (Å²) in [6.45, 7) is 10.3. The first-order valence-corrected chi connectivity index (χ1v) is 22.8. The lowest BCUT2D eigenvalue weighted by atomic mass is 9.98. The van der Waals surface area contributed by atoms with Crippen LogP contribution in [0.4, 0.5) is 4.79 Å². The van der Waals surface area contributed by atoms with Crippen molar-refractivity contribution in [3.05, 3.63) is 70.8 Å². The van der Waals surface area contributed by atoms with Crippen LogP contribution in [0, 0.1) is 0 Å². The summed E-state index contributed by atoms with van der Waals surface area (Å²) >= 11 is 0. The van der Waals surface area contributed by atoms with Crippen LogP contribution < -0.4 is 16.0 Å². The van der Waals surface area contributed by atoms with E-state index in [0.717, 1.165) is 50.5 Å². The van der Waals surface area contributed by atoms with Crippen LogP contribution in [-0.4, -0.2) is 48.4 Å². The zero-order valence-electron chi connectivity index (χ0n) is 36.6. The Morgan fingerprint density at radius 3 is 1.42 bits per heavy atom. The van der Waals surface area contributed by atoms with Gasteiger partial charge in [0.15, 0.2) is 5.78 Å². The molecule has 0 aliphatic rings. The van der Waals surface area contributed by atoms with Crippen LogP contribution in [0.15, 0.2) is 48.5 Å². The fraction of sp³-hybridized carbons (Fsp3) is 0.673. The smallest absolute Gasteiger partial charge is 0.408 e. The molecule has 1 unspecified atom stereocenters. The Labute approximate surface area is 346 Å². The number of carbonyl (C=O) groups is 4. The lowest BCUT2D eigenvalue weighted by Gasteiger charge is -2.23. The molecule has 0 fully saturated rings. The Hall–Kier alpha value is -3.68. The van der Waals surface area contributed by atoms with Gasteiger partial charge in [-0.25, -0.2) is 4.79 Å². The summed E-state index contributed by atoms with van der Waals surface area (Å²) in [5.41, 5.74) is 3.14. The number of hydrogen-bond donors (Lipinski definition) is 3. The number of unbranched alkanes of at least 4 members (excludes halogenated alkanes) is 18. The van der Waals surface area contributed by atoms with Crippen molar-refractivity contribution in [2.24, 2.45) is 0 Å². The highest BCUT2D eigenvalue weighted by Gasteiger charge is 2.24. The van der Waals surface area contributed by atoms with Gasteiger partial charge in [-0.05, 0) is 70.4 Å². The molecule has 2 rings (SSSR count). The fourth-order valence-corrected chi connectivity index (χ4v) is 6.98. The maximum Gasteiger partial charge on any atom is 0.408 e. The van der Waals surface area contributed by atoms with Crippen LogP contribution in [0.3, 0.4) is 0 Å². The van der Waals surface area contributed by atoms with Gasteiger partial charge in [0, 0.05) is 30.6 Å². The first-order valence-electron chi connectivity index (χ1n) is 22.8. The molecule has 1 atom stereocenters. The van der Waals surface area contributed by atoms with E-state index in [0.29, 0.717) is 30.5 Å². The van der Waals surface area contributed by atoms with Crippen LogP contribution in [0.2, 0.25) is 0 Å². The molecule has 0 saturated carbocycles. The molecule has 0 aromatic heterocycles. The maximum absolute atomic E-state index is 13.1. The number of amides is 3. The topological polar surface area (TPSA) is 114 Å². The molecule has 3 N–H and O–H groups in total. The van der Waals surface area contributed by atoms with Crippen molar-refractivity contribution >= 4 is 23.7 Å². The average Bonchev–Trinajstić information content (AvgIpc) is 3.19. The second kappa shape index (κ2) is 30.4. The summed E-state index contributed by atoms with van der Waals surface area (Å²) in [5.74, 6) is -0.441. The predicted molar refractivity (Wildman–Crippen MR) is 236 cm³/mol. The minimum Gasteiger partial charge on any atom is -0.444 e. The summed E-state index contributed by atoms with van der Waals surface area (Å²) in [4.78, 5) is 51.3. The highest BCUT2D eigenvalue weighted by Crippen LogP contribution is 2.17. The van der Waals surface area contributed by atoms with Crippen LogP contribution in [-0.2, 0) is 27.2 Å². The molecule has 3 amide bonds. The first-order chi connectivity index (χ1) is 27.5. The lowest BCUT2D eigenvalue weighted by molar-refractivity contribution is -0.124. The number of ether oxygens (including phenoxy) is 1. The van der Waals surface area contributed by atoms with Crippen LogP contribution in [0.1, 0.15) is 203 Å². The van der Waals surface area contributed by atoms with Crippen molar-refractivity contribution in [1.29, 1.82) is 0 Å². The van der Waals surface area contributed by atoms with Crippen molar-refractivity contribution in [1.82, 2.24) is 16.0 Å². The number of aryl methyl sites for hydroxylation is 2. The van der Waals surface area contributed by atoms with Crippen LogP contribution in [0.25, 0.3) is 0 Å². The number of alkyl carbamates (subject to hydrolysis) is 1. The molecule has 8 nitrogen and oxygen atoms in total. The van der Waals surface area contributed by atoms with E-state index in [2.05, 4.69) is 41.9 Å². The van der Waals surface area contributed by atoms with Gasteiger partial charge in [0.2, 0.25) is 11.8 Å². The molecule has 0 aliphatic carbocycles. The largest absolute Gasteiger partial charge is 0.444 e. The molecule has 0 radical (unpaired) electrons. The van der Waals surface area contributed by atoms with Gasteiger partial charge in [-0.3, -0.25) is 14.4 Å². The molecule has 8 heteroatoms. The number of hydrogen-bond acceptors (Lipinski definition) is 5. The molecular weight excluding hydrogens is 711 g/mol. The standard InChI is InChI=1S/C49H79N3O5/c1-6-8-10-12-13-14-15-16-17-18-19-20-21-26-38-50-47(55)44(52-48(56)57-49(3,4)5)39-51-45(53)29-25-22-24-28-41-32-36-43(37-33-41)46(54)42-34-30-40(31-35-42)27-23-11-9-7-2/h30-37,44H,6-29,38-39H2,1-5H3,(H,50,55)(H,51,53)(H,52,56). The third-order valence-corrected chi connectivity index (χ3v) is 10.5. The van der Waals surface area contributed by atoms with Gasteiger partial charge in [-0.15, -0.1) is 0 Å². The Morgan fingerprint density at radius 1 is 0.544 bits per heavy atom. The van der Waals surface area contributed by atoms with E-state index in [1.807, 2.05) is 36.4 Å². The second-order valence-corrected chi connectivity index (χ2v) is 17.0. The van der Waals surface area contributed by atoms with Crippen molar-refractivity contribution < 1.29 is 23.9 Å². The summed E-state index contributed by atoms with van der Waals surface area (Å²) in [5, 5.41) is 8.43. The van der Waals surface area contributed by atoms with Crippen molar-refractivity contribution in [3.8, 4) is 0 Å². The van der Waals surface area contributed by atoms with E-state index in [1.54, 1.807) is 20.8 Å². The van der Waals surface area contributed by atoms with Gasteiger partial charge in [0.05, 0.1) is 0 Å². The Balaban J connectivity index is 1.65. The summed E-state index contributed by atoms with van der Waals surface area (Å²) in [6, 6.07) is 15.0. The SMILES string of the molecule is CCCCCCCCCCCCCCCCNC(=O)C(CNC(=O)CCCCCc1ccc(C(=O)c2ccc(CCCCCC)cc2)cc1)NC(=O)OC(C)(C)C. The molecule has 2 aromatic carbocycles. The lowest BCUT2D eigenvalue weighted by Crippen LogP contribution is -2.53. The minimum atomic E-state index is -0.926. The molecule has 0 heterocycles. The van der Waals surface area contributed by atoms with E-state index in [-0.39, 0.29) is 24.1 Å². The number of carbonyl (C=O) groups excluding carboxylic acids is 4. The molecule has 57 heavy (non-hydrogen) atoms. The van der Waals surface area contributed by atoms with Crippen molar-refractivity contribution in [2.45, 2.75) is 200 Å². The van der Waals surface area contributed by atoms with Crippen LogP contribution in [0.5, 0.6) is 0 Å². The average molecular weight is 790 g/mol. The molecule has 0 aliphatic heterocycles. The van der Waals surface area contributed by atoms with Crippen LogP contribution >= 0.6 is 0 Å². The second-order valence-electron chi connectivity index (χ2n) is 17.0. The van der Waals surface area contributed by atoms with E-state index in [4.69, 9.17) is 4.74 Å². The highest BCUT2D eigenvalue weighted by atomic mass is 16.6. The molecule has 0 bridgehead atoms. The van der Waals surface area contributed by atoms with E-state index >= 15 is 0 Å². The van der Waals surface area contributed by atoms with E-state index < -0.39 is 17.7 Å². The molecule has 0 spiro atoms. The van der Waals surface area contributed by atoms with Crippen molar-refractivity contribution in [2.75, 3.05) is 13.1 Å². The van der Waals surface area contributed by atoms with Crippen molar-refractivity contribution in [3.63, 3.8) is 0 Å². The number of nitrogens with one attached hydrogen (secondary N) is 3. The highest BCUT2D eigenvalue weighted by molar-refractivity contribution is 6.09. The zero-order chi connectivity index (χ0) is 41.6. The quantitative estimate of drug-likeness (QED) is 0.0504. The molecule has 320 valence electrons. The maximum atomic E-state index is 13.1. The summed E-state index contributed by atoms with van der Waals surface area (Å²) in [7, 11) is 0.